The average Bonchev–Trinajstić information content (AvgIpc) is 3.02. The number of benzene rings is 2. The molecule has 1 N–H and O–H groups in total. The molecule has 0 aromatic heterocycles. The lowest BCUT2D eigenvalue weighted by molar-refractivity contribution is -0.124. The van der Waals surface area contributed by atoms with E-state index in [0.717, 1.165) is 10.5 Å². The van der Waals surface area contributed by atoms with Crippen LogP contribution in [0.1, 0.15) is 56.0 Å². The summed E-state index contributed by atoms with van der Waals surface area (Å²) >= 11 is 0. The monoisotopic (exact) mass is 424 g/mol. The van der Waals surface area contributed by atoms with Gasteiger partial charge in [-0.1, -0.05) is 30.3 Å². The summed E-state index contributed by atoms with van der Waals surface area (Å²) in [5.74, 6) is -2.05. The first-order valence-corrected chi connectivity index (χ1v) is 9.93. The lowest BCUT2D eigenvalue weighted by Gasteiger charge is -2.14. The number of methoxy groups -OCH3 is 1. The minimum atomic E-state index is -0.747. The number of nitrogens with one attached hydrogen (secondary N) is 1. The van der Waals surface area contributed by atoms with Gasteiger partial charge in [-0.2, -0.15) is 0 Å². The number of amides is 3. The molecule has 31 heavy (non-hydrogen) atoms. The molecule has 8 heteroatoms. The van der Waals surface area contributed by atoms with Gasteiger partial charge >= 0.3 is 5.97 Å². The number of carbonyl (C=O) groups is 4. The number of hydrogen-bond acceptors (Lipinski definition) is 6. The van der Waals surface area contributed by atoms with Crippen LogP contribution in [0.3, 0.4) is 0 Å². The molecular formula is C23H24N2O6. The van der Waals surface area contributed by atoms with Crippen LogP contribution < -0.4 is 5.32 Å². The molecular weight excluding hydrogens is 400 g/mol. The van der Waals surface area contributed by atoms with Gasteiger partial charge in [-0.15, -0.1) is 0 Å². The van der Waals surface area contributed by atoms with E-state index in [1.165, 1.54) is 18.2 Å². The van der Waals surface area contributed by atoms with Crippen LogP contribution in [-0.2, 0) is 14.3 Å². The van der Waals surface area contributed by atoms with Crippen molar-refractivity contribution in [3.63, 3.8) is 0 Å². The Kier molecular flexibility index (Phi) is 7.15. The predicted octanol–water partition coefficient (Wildman–Crippen LogP) is 2.35. The van der Waals surface area contributed by atoms with Crippen LogP contribution in [0.5, 0.6) is 0 Å². The number of carbonyl (C=O) groups excluding carboxylic acids is 4. The second-order valence-electron chi connectivity index (χ2n) is 7.14. The van der Waals surface area contributed by atoms with Crippen LogP contribution in [-0.4, -0.2) is 55.5 Å². The molecule has 0 aliphatic carbocycles. The predicted molar refractivity (Wildman–Crippen MR) is 112 cm³/mol. The molecule has 1 atom stereocenters. The molecule has 162 valence electrons. The summed E-state index contributed by atoms with van der Waals surface area (Å²) in [5.41, 5.74) is 1.42. The Morgan fingerprint density at radius 3 is 2.45 bits per heavy atom. The normalized spacial score (nSPS) is 13.7. The van der Waals surface area contributed by atoms with E-state index in [1.54, 1.807) is 7.11 Å². The Morgan fingerprint density at radius 2 is 1.74 bits per heavy atom. The molecule has 2 aromatic carbocycles. The smallest absolute Gasteiger partial charge is 0.338 e. The fourth-order valence-corrected chi connectivity index (χ4v) is 3.31. The third kappa shape index (κ3) is 5.16. The van der Waals surface area contributed by atoms with Gasteiger partial charge in [0, 0.05) is 20.3 Å². The minimum Gasteiger partial charge on any atom is -0.452 e. The van der Waals surface area contributed by atoms with E-state index in [1.807, 2.05) is 37.3 Å². The number of esters is 1. The van der Waals surface area contributed by atoms with Gasteiger partial charge in [0.05, 0.1) is 22.7 Å². The van der Waals surface area contributed by atoms with Crippen LogP contribution in [0, 0.1) is 0 Å². The third-order valence-electron chi connectivity index (χ3n) is 4.95. The summed E-state index contributed by atoms with van der Waals surface area (Å²) in [4.78, 5) is 50.6. The molecule has 0 saturated carbocycles. The summed E-state index contributed by atoms with van der Waals surface area (Å²) in [6.07, 6.45) is 0.521. The van der Waals surface area contributed by atoms with Gasteiger partial charge in [-0.25, -0.2) is 4.79 Å². The SMILES string of the molecule is COCCCN1C(=O)c2ccc(C(=O)OCC(=O)NC(C)c3ccccc3)cc2C1=O. The standard InChI is InChI=1S/C23H24N2O6/c1-15(16-7-4-3-5-8-16)24-20(26)14-31-23(29)17-9-10-18-19(13-17)22(28)25(21(18)27)11-6-12-30-2/h3-5,7-10,13,15H,6,11-12,14H2,1-2H3,(H,24,26). The van der Waals surface area contributed by atoms with E-state index >= 15 is 0 Å². The molecule has 0 radical (unpaired) electrons. The van der Waals surface area contributed by atoms with E-state index in [2.05, 4.69) is 5.32 Å². The maximum atomic E-state index is 12.5. The summed E-state index contributed by atoms with van der Waals surface area (Å²) in [5, 5.41) is 2.76. The lowest BCUT2D eigenvalue weighted by atomic mass is 10.1. The zero-order chi connectivity index (χ0) is 22.4. The highest BCUT2D eigenvalue weighted by Gasteiger charge is 2.35. The average molecular weight is 424 g/mol. The minimum absolute atomic E-state index is 0.0996. The Bertz CT molecular complexity index is 989. The van der Waals surface area contributed by atoms with Crippen molar-refractivity contribution in [2.75, 3.05) is 26.9 Å². The molecule has 0 fully saturated rings. The maximum Gasteiger partial charge on any atom is 0.338 e. The van der Waals surface area contributed by atoms with E-state index in [4.69, 9.17) is 9.47 Å². The van der Waals surface area contributed by atoms with Gasteiger partial charge in [-0.05, 0) is 37.1 Å². The highest BCUT2D eigenvalue weighted by molar-refractivity contribution is 6.22. The first-order chi connectivity index (χ1) is 14.9. The van der Waals surface area contributed by atoms with E-state index in [9.17, 15) is 19.2 Å². The second-order valence-corrected chi connectivity index (χ2v) is 7.14. The summed E-state index contributed by atoms with van der Waals surface area (Å²) < 4.78 is 10.0. The molecule has 0 bridgehead atoms. The Morgan fingerprint density at radius 1 is 1.03 bits per heavy atom. The fourth-order valence-electron chi connectivity index (χ4n) is 3.31. The number of hydrogen-bond donors (Lipinski definition) is 1. The molecule has 0 spiro atoms. The van der Waals surface area contributed by atoms with Crippen molar-refractivity contribution < 1.29 is 28.7 Å². The molecule has 1 aliphatic rings. The number of imide groups is 1. The van der Waals surface area contributed by atoms with Crippen molar-refractivity contribution in [3.8, 4) is 0 Å². The van der Waals surface area contributed by atoms with Crippen LogP contribution in [0.4, 0.5) is 0 Å². The first-order valence-electron chi connectivity index (χ1n) is 9.93. The van der Waals surface area contributed by atoms with Gasteiger partial charge in [0.15, 0.2) is 6.61 Å². The number of fused-ring (bicyclic) bond motifs is 1. The van der Waals surface area contributed by atoms with Gasteiger partial charge in [0.25, 0.3) is 17.7 Å². The highest BCUT2D eigenvalue weighted by atomic mass is 16.5. The van der Waals surface area contributed by atoms with Gasteiger partial charge in [0.1, 0.15) is 0 Å². The van der Waals surface area contributed by atoms with Crippen molar-refractivity contribution >= 4 is 23.7 Å². The van der Waals surface area contributed by atoms with Crippen molar-refractivity contribution in [1.82, 2.24) is 10.2 Å². The van der Waals surface area contributed by atoms with Crippen LogP contribution >= 0.6 is 0 Å². The van der Waals surface area contributed by atoms with Crippen molar-refractivity contribution in [1.29, 1.82) is 0 Å². The topological polar surface area (TPSA) is 102 Å². The molecule has 1 unspecified atom stereocenters. The largest absolute Gasteiger partial charge is 0.452 e. The molecule has 3 rings (SSSR count). The number of ether oxygens (including phenoxy) is 2. The zero-order valence-corrected chi connectivity index (χ0v) is 17.4. The molecule has 0 saturated heterocycles. The molecule has 2 aromatic rings. The maximum absolute atomic E-state index is 12.5. The second kappa shape index (κ2) is 9.99. The summed E-state index contributed by atoms with van der Waals surface area (Å²) in [6, 6.07) is 13.3. The van der Waals surface area contributed by atoms with Crippen molar-refractivity contribution in [2.45, 2.75) is 19.4 Å². The Labute approximate surface area is 180 Å². The van der Waals surface area contributed by atoms with E-state index in [0.29, 0.717) is 13.0 Å². The Hall–Kier alpha value is -3.52. The molecule has 8 nitrogen and oxygen atoms in total. The first kappa shape index (κ1) is 22.2. The number of nitrogens with zero attached hydrogens (tertiary/aromatic N) is 1. The number of rotatable bonds is 9. The van der Waals surface area contributed by atoms with Crippen molar-refractivity contribution in [3.05, 3.63) is 70.8 Å². The lowest BCUT2D eigenvalue weighted by Crippen LogP contribution is -2.31. The molecule has 1 aliphatic heterocycles. The fraction of sp³-hybridized carbons (Fsp3) is 0.304. The van der Waals surface area contributed by atoms with Gasteiger partial charge < -0.3 is 14.8 Å². The molecule has 1 heterocycles. The van der Waals surface area contributed by atoms with Gasteiger partial charge in [-0.3, -0.25) is 19.3 Å². The zero-order valence-electron chi connectivity index (χ0n) is 17.4. The van der Waals surface area contributed by atoms with E-state index in [-0.39, 0.29) is 29.3 Å². The highest BCUT2D eigenvalue weighted by Crippen LogP contribution is 2.24. The Balaban J connectivity index is 1.58. The molecule has 3 amide bonds. The van der Waals surface area contributed by atoms with Gasteiger partial charge in [0.2, 0.25) is 0 Å². The quantitative estimate of drug-likeness (QED) is 0.377. The summed E-state index contributed by atoms with van der Waals surface area (Å²) in [6.45, 7) is 2.04. The summed E-state index contributed by atoms with van der Waals surface area (Å²) in [7, 11) is 1.54. The third-order valence-corrected chi connectivity index (χ3v) is 4.95. The van der Waals surface area contributed by atoms with E-state index < -0.39 is 30.3 Å². The van der Waals surface area contributed by atoms with Crippen molar-refractivity contribution in [2.24, 2.45) is 0 Å². The van der Waals surface area contributed by atoms with Crippen LogP contribution in [0.15, 0.2) is 48.5 Å². The van der Waals surface area contributed by atoms with Crippen LogP contribution in [0.2, 0.25) is 0 Å². The van der Waals surface area contributed by atoms with Crippen LogP contribution in [0.25, 0.3) is 0 Å².